The SMILES string of the molecule is Cc1noc2nc(-c3ccco3)cc(C(=O)NCc3ccccc3F)c12. The van der Waals surface area contributed by atoms with Crippen molar-refractivity contribution in [3.63, 3.8) is 0 Å². The molecule has 6 nitrogen and oxygen atoms in total. The van der Waals surface area contributed by atoms with E-state index in [9.17, 15) is 9.18 Å². The van der Waals surface area contributed by atoms with E-state index in [1.807, 2.05) is 0 Å². The Morgan fingerprint density at radius 1 is 1.23 bits per heavy atom. The van der Waals surface area contributed by atoms with Crippen molar-refractivity contribution in [2.45, 2.75) is 13.5 Å². The van der Waals surface area contributed by atoms with Crippen molar-refractivity contribution in [2.75, 3.05) is 0 Å². The number of nitrogens with one attached hydrogen (secondary N) is 1. The summed E-state index contributed by atoms with van der Waals surface area (Å²) in [6.07, 6.45) is 1.52. The van der Waals surface area contributed by atoms with Crippen molar-refractivity contribution in [3.8, 4) is 11.5 Å². The lowest BCUT2D eigenvalue weighted by Crippen LogP contribution is -2.23. The van der Waals surface area contributed by atoms with Gasteiger partial charge in [0.05, 0.1) is 22.9 Å². The predicted octanol–water partition coefficient (Wildman–Crippen LogP) is 3.86. The Balaban J connectivity index is 1.71. The van der Waals surface area contributed by atoms with Gasteiger partial charge in [-0.1, -0.05) is 23.4 Å². The first kappa shape index (κ1) is 16.0. The number of hydrogen-bond donors (Lipinski definition) is 1. The summed E-state index contributed by atoms with van der Waals surface area (Å²) < 4.78 is 24.3. The van der Waals surface area contributed by atoms with Crippen LogP contribution in [0.15, 0.2) is 57.7 Å². The third kappa shape index (κ3) is 2.83. The van der Waals surface area contributed by atoms with Crippen molar-refractivity contribution < 1.29 is 18.1 Å². The molecule has 4 rings (SSSR count). The van der Waals surface area contributed by atoms with Crippen molar-refractivity contribution in [3.05, 3.63) is 71.4 Å². The molecular formula is C19H14FN3O3. The molecule has 130 valence electrons. The summed E-state index contributed by atoms with van der Waals surface area (Å²) >= 11 is 0. The minimum Gasteiger partial charge on any atom is -0.463 e. The van der Waals surface area contributed by atoms with E-state index in [-0.39, 0.29) is 24.0 Å². The molecule has 0 unspecified atom stereocenters. The standard InChI is InChI=1S/C19H14FN3O3/c1-11-17-13(18(24)21-10-12-5-2-3-6-14(12)20)9-15(16-7-4-8-25-16)22-19(17)26-23-11/h2-9H,10H2,1H3,(H,21,24). The highest BCUT2D eigenvalue weighted by Crippen LogP contribution is 2.27. The Labute approximate surface area is 147 Å². The van der Waals surface area contributed by atoms with E-state index in [4.69, 9.17) is 8.94 Å². The number of amides is 1. The molecule has 1 N–H and O–H groups in total. The summed E-state index contributed by atoms with van der Waals surface area (Å²) in [5.74, 6) is -0.242. The van der Waals surface area contributed by atoms with Crippen molar-refractivity contribution in [1.82, 2.24) is 15.5 Å². The number of fused-ring (bicyclic) bond motifs is 1. The van der Waals surface area contributed by atoms with Crippen LogP contribution >= 0.6 is 0 Å². The summed E-state index contributed by atoms with van der Waals surface area (Å²) in [4.78, 5) is 17.1. The van der Waals surface area contributed by atoms with Gasteiger partial charge in [-0.15, -0.1) is 0 Å². The van der Waals surface area contributed by atoms with Crippen molar-refractivity contribution in [1.29, 1.82) is 0 Å². The van der Waals surface area contributed by atoms with Gasteiger partial charge in [0.25, 0.3) is 11.6 Å². The first-order valence-electron chi connectivity index (χ1n) is 7.96. The van der Waals surface area contributed by atoms with Gasteiger partial charge in [-0.25, -0.2) is 9.37 Å². The van der Waals surface area contributed by atoms with E-state index < -0.39 is 0 Å². The van der Waals surface area contributed by atoms with Crippen LogP contribution in [0.2, 0.25) is 0 Å². The fraction of sp³-hybridized carbons (Fsp3) is 0.105. The minimum absolute atomic E-state index is 0.0652. The van der Waals surface area contributed by atoms with Crippen LogP contribution in [0.1, 0.15) is 21.6 Å². The van der Waals surface area contributed by atoms with Crippen molar-refractivity contribution in [2.24, 2.45) is 0 Å². The number of hydrogen-bond acceptors (Lipinski definition) is 5. The second-order valence-corrected chi connectivity index (χ2v) is 5.75. The summed E-state index contributed by atoms with van der Waals surface area (Å²) in [5.41, 5.74) is 1.99. The van der Waals surface area contributed by atoms with E-state index in [1.165, 1.54) is 12.3 Å². The van der Waals surface area contributed by atoms with Crippen LogP contribution in [0.25, 0.3) is 22.6 Å². The maximum absolute atomic E-state index is 13.8. The van der Waals surface area contributed by atoms with E-state index in [0.29, 0.717) is 33.7 Å². The molecule has 0 bridgehead atoms. The molecule has 0 saturated carbocycles. The van der Waals surface area contributed by atoms with Gasteiger partial charge >= 0.3 is 0 Å². The molecule has 0 aliphatic heterocycles. The molecule has 3 aromatic heterocycles. The molecule has 26 heavy (non-hydrogen) atoms. The number of halogens is 1. The fourth-order valence-electron chi connectivity index (χ4n) is 2.74. The largest absolute Gasteiger partial charge is 0.463 e. The third-order valence-electron chi connectivity index (χ3n) is 4.03. The zero-order valence-corrected chi connectivity index (χ0v) is 13.8. The molecule has 0 radical (unpaired) electrons. The number of aromatic nitrogens is 2. The first-order chi connectivity index (χ1) is 12.6. The zero-order valence-electron chi connectivity index (χ0n) is 13.8. The average Bonchev–Trinajstić information content (AvgIpc) is 3.30. The highest BCUT2D eigenvalue weighted by Gasteiger charge is 2.20. The molecule has 1 amide bonds. The Bertz CT molecular complexity index is 1090. The third-order valence-corrected chi connectivity index (χ3v) is 4.03. The second-order valence-electron chi connectivity index (χ2n) is 5.75. The number of benzene rings is 1. The highest BCUT2D eigenvalue weighted by atomic mass is 19.1. The molecule has 0 atom stereocenters. The maximum Gasteiger partial charge on any atom is 0.259 e. The van der Waals surface area contributed by atoms with Gasteiger partial charge in [-0.05, 0) is 31.2 Å². The Morgan fingerprint density at radius 3 is 2.85 bits per heavy atom. The van der Waals surface area contributed by atoms with E-state index in [0.717, 1.165) is 0 Å². The van der Waals surface area contributed by atoms with Gasteiger partial charge in [0, 0.05) is 12.1 Å². The molecule has 3 heterocycles. The van der Waals surface area contributed by atoms with E-state index in [2.05, 4.69) is 15.5 Å². The number of pyridine rings is 1. The zero-order chi connectivity index (χ0) is 18.1. The Hall–Kier alpha value is -3.48. The van der Waals surface area contributed by atoms with Crippen LogP contribution in [0.5, 0.6) is 0 Å². The second kappa shape index (κ2) is 6.44. The lowest BCUT2D eigenvalue weighted by atomic mass is 10.1. The number of rotatable bonds is 4. The van der Waals surface area contributed by atoms with E-state index in [1.54, 1.807) is 43.3 Å². The molecule has 0 aliphatic carbocycles. The monoisotopic (exact) mass is 351 g/mol. The summed E-state index contributed by atoms with van der Waals surface area (Å²) in [5, 5.41) is 7.14. The van der Waals surface area contributed by atoms with Crippen molar-refractivity contribution >= 4 is 17.0 Å². The van der Waals surface area contributed by atoms with Crippen LogP contribution in [0, 0.1) is 12.7 Å². The predicted molar refractivity (Wildman–Crippen MR) is 91.8 cm³/mol. The lowest BCUT2D eigenvalue weighted by molar-refractivity contribution is 0.0952. The highest BCUT2D eigenvalue weighted by molar-refractivity contribution is 6.06. The number of aryl methyl sites for hydroxylation is 1. The number of furan rings is 1. The van der Waals surface area contributed by atoms with Gasteiger partial charge in [0.2, 0.25) is 0 Å². The normalized spacial score (nSPS) is 11.0. The van der Waals surface area contributed by atoms with Crippen LogP contribution in [-0.2, 0) is 6.54 Å². The summed E-state index contributed by atoms with van der Waals surface area (Å²) in [7, 11) is 0. The van der Waals surface area contributed by atoms with Gasteiger partial charge in [-0.3, -0.25) is 4.79 Å². The molecule has 0 fully saturated rings. The molecule has 0 saturated heterocycles. The van der Waals surface area contributed by atoms with Crippen LogP contribution in [0.4, 0.5) is 4.39 Å². The molecule has 7 heteroatoms. The molecular weight excluding hydrogens is 337 g/mol. The maximum atomic E-state index is 13.8. The van der Waals surface area contributed by atoms with Gasteiger partial charge in [0.15, 0.2) is 5.76 Å². The number of nitrogens with zero attached hydrogens (tertiary/aromatic N) is 2. The molecule has 0 aliphatic rings. The number of carbonyl (C=O) groups is 1. The van der Waals surface area contributed by atoms with Crippen LogP contribution < -0.4 is 5.32 Å². The quantitative estimate of drug-likeness (QED) is 0.604. The molecule has 1 aromatic carbocycles. The van der Waals surface area contributed by atoms with Crippen LogP contribution in [-0.4, -0.2) is 16.0 Å². The smallest absolute Gasteiger partial charge is 0.259 e. The molecule has 0 spiro atoms. The van der Waals surface area contributed by atoms with Gasteiger partial charge < -0.3 is 14.3 Å². The van der Waals surface area contributed by atoms with Gasteiger partial charge in [0.1, 0.15) is 11.5 Å². The Kier molecular flexibility index (Phi) is 3.96. The first-order valence-corrected chi connectivity index (χ1v) is 7.96. The van der Waals surface area contributed by atoms with Crippen LogP contribution in [0.3, 0.4) is 0 Å². The van der Waals surface area contributed by atoms with E-state index >= 15 is 0 Å². The number of carbonyl (C=O) groups excluding carboxylic acids is 1. The fourth-order valence-corrected chi connectivity index (χ4v) is 2.74. The minimum atomic E-state index is -0.375. The summed E-state index contributed by atoms with van der Waals surface area (Å²) in [6, 6.07) is 11.4. The topological polar surface area (TPSA) is 81.2 Å². The molecule has 4 aromatic rings. The lowest BCUT2D eigenvalue weighted by Gasteiger charge is -2.08. The Morgan fingerprint density at radius 2 is 2.08 bits per heavy atom. The average molecular weight is 351 g/mol. The van der Waals surface area contributed by atoms with Gasteiger partial charge in [-0.2, -0.15) is 0 Å². The summed E-state index contributed by atoms with van der Waals surface area (Å²) in [6.45, 7) is 1.80.